The van der Waals surface area contributed by atoms with Crippen LogP contribution in [0.1, 0.15) is 12.0 Å². The van der Waals surface area contributed by atoms with Gasteiger partial charge in [0.15, 0.2) is 11.5 Å². The predicted molar refractivity (Wildman–Crippen MR) is 144 cm³/mol. The van der Waals surface area contributed by atoms with Crippen LogP contribution in [-0.2, 0) is 25.5 Å². The summed E-state index contributed by atoms with van der Waals surface area (Å²) in [6, 6.07) is 6.83. The van der Waals surface area contributed by atoms with Gasteiger partial charge in [0.05, 0.1) is 6.04 Å². The van der Waals surface area contributed by atoms with E-state index < -0.39 is 18.6 Å². The number of nitrogens with one attached hydrogen (secondary N) is 1. The van der Waals surface area contributed by atoms with Crippen LogP contribution in [0.3, 0.4) is 0 Å². The van der Waals surface area contributed by atoms with E-state index in [1.807, 2.05) is 23.1 Å². The number of piperazine rings is 1. The molecular formula is C26H28ClN7O7. The van der Waals surface area contributed by atoms with Gasteiger partial charge < -0.3 is 34.4 Å². The van der Waals surface area contributed by atoms with Crippen LogP contribution in [0.25, 0.3) is 5.95 Å². The molecule has 15 heteroatoms. The van der Waals surface area contributed by atoms with Crippen molar-refractivity contribution >= 4 is 35.2 Å². The summed E-state index contributed by atoms with van der Waals surface area (Å²) in [5.41, 5.74) is 0.995. The molecule has 0 bridgehead atoms. The monoisotopic (exact) mass is 585 g/mol. The zero-order valence-electron chi connectivity index (χ0n) is 21.9. The molecule has 216 valence electrons. The Morgan fingerprint density at radius 1 is 1.12 bits per heavy atom. The second-order valence-corrected chi connectivity index (χ2v) is 9.77. The molecule has 2 aliphatic rings. The number of aromatic nitrogens is 4. The van der Waals surface area contributed by atoms with Crippen molar-refractivity contribution in [2.45, 2.75) is 18.9 Å². The van der Waals surface area contributed by atoms with Crippen LogP contribution in [0.5, 0.6) is 11.5 Å². The van der Waals surface area contributed by atoms with E-state index in [9.17, 15) is 14.4 Å². The van der Waals surface area contributed by atoms with Crippen molar-refractivity contribution in [1.82, 2.24) is 29.7 Å². The van der Waals surface area contributed by atoms with Crippen molar-refractivity contribution in [3.05, 3.63) is 53.7 Å². The summed E-state index contributed by atoms with van der Waals surface area (Å²) >= 11 is 6.33. The number of benzene rings is 1. The molecule has 0 saturated carbocycles. The molecule has 1 aromatic carbocycles. The number of fused-ring (bicyclic) bond motifs is 1. The Balaban J connectivity index is 1.26. The lowest BCUT2D eigenvalue weighted by Crippen LogP contribution is -2.57. The lowest BCUT2D eigenvalue weighted by Gasteiger charge is -2.42. The van der Waals surface area contributed by atoms with Gasteiger partial charge in [0.1, 0.15) is 30.5 Å². The number of hydrogen-bond acceptors (Lipinski definition) is 10. The van der Waals surface area contributed by atoms with Crippen LogP contribution in [0.4, 0.5) is 5.82 Å². The second kappa shape index (κ2) is 12.8. The molecule has 2 amide bonds. The van der Waals surface area contributed by atoms with Crippen molar-refractivity contribution < 1.29 is 33.7 Å². The van der Waals surface area contributed by atoms with Gasteiger partial charge in [0.2, 0.25) is 24.6 Å². The average Bonchev–Trinajstić information content (AvgIpc) is 3.65. The van der Waals surface area contributed by atoms with E-state index in [-0.39, 0.29) is 43.3 Å². The molecule has 3 aromatic rings. The highest BCUT2D eigenvalue weighted by Gasteiger charge is 2.32. The van der Waals surface area contributed by atoms with Gasteiger partial charge in [-0.25, -0.2) is 14.8 Å². The highest BCUT2D eigenvalue weighted by atomic mass is 35.5. The molecule has 1 fully saturated rings. The van der Waals surface area contributed by atoms with Crippen LogP contribution in [0.2, 0.25) is 5.15 Å². The number of rotatable bonds is 11. The van der Waals surface area contributed by atoms with Crippen molar-refractivity contribution in [3.8, 4) is 17.4 Å². The quantitative estimate of drug-likeness (QED) is 0.308. The van der Waals surface area contributed by atoms with Gasteiger partial charge in [0, 0.05) is 51.1 Å². The highest BCUT2D eigenvalue weighted by Crippen LogP contribution is 2.32. The number of carboxylic acids is 1. The first-order chi connectivity index (χ1) is 19.9. The summed E-state index contributed by atoms with van der Waals surface area (Å²) in [5, 5.41) is 12.0. The Kier molecular flexibility index (Phi) is 8.79. The highest BCUT2D eigenvalue weighted by molar-refractivity contribution is 6.29. The minimum Gasteiger partial charge on any atom is -0.480 e. The molecular weight excluding hydrogens is 558 g/mol. The number of hydrogen-bond donors (Lipinski definition) is 2. The largest absolute Gasteiger partial charge is 0.480 e. The minimum absolute atomic E-state index is 0.0724. The fourth-order valence-corrected chi connectivity index (χ4v) is 4.81. The predicted octanol–water partition coefficient (Wildman–Crippen LogP) is 0.912. The minimum atomic E-state index is -1.16. The molecule has 1 saturated heterocycles. The van der Waals surface area contributed by atoms with E-state index in [4.69, 9.17) is 30.9 Å². The van der Waals surface area contributed by atoms with Crippen LogP contribution < -0.4 is 19.7 Å². The summed E-state index contributed by atoms with van der Waals surface area (Å²) in [5.74, 6) is 0.475. The van der Waals surface area contributed by atoms with E-state index in [2.05, 4.69) is 20.3 Å². The van der Waals surface area contributed by atoms with E-state index in [0.29, 0.717) is 49.3 Å². The first-order valence-corrected chi connectivity index (χ1v) is 13.3. The van der Waals surface area contributed by atoms with Gasteiger partial charge in [-0.05, 0) is 24.1 Å². The number of nitrogens with zero attached hydrogens (tertiary/aromatic N) is 6. The van der Waals surface area contributed by atoms with Crippen LogP contribution in [-0.4, -0.2) is 99.5 Å². The van der Waals surface area contributed by atoms with E-state index >= 15 is 0 Å². The van der Waals surface area contributed by atoms with Crippen molar-refractivity contribution in [2.24, 2.45) is 0 Å². The maximum absolute atomic E-state index is 13.1. The molecule has 4 heterocycles. The fourth-order valence-electron chi connectivity index (χ4n) is 4.64. The second-order valence-electron chi connectivity index (χ2n) is 9.38. The molecule has 1 unspecified atom stereocenters. The maximum atomic E-state index is 13.1. The molecule has 2 N–H and O–H groups in total. The standard InChI is InChI=1S/C26H28ClN7O7/c27-21-11-22(31-26(30-21)33-6-5-28-15-33)34-8-7-32(24(36)13-39-14-25(37)38)12-18(34)10-23(35)29-4-3-17-1-2-19-20(9-17)41-16-40-19/h1-2,5-6,9,11,15,18H,3-4,7-8,10,12-14,16H2,(H,29,35)(H,37,38). The molecule has 5 rings (SSSR count). The molecule has 0 aliphatic carbocycles. The van der Waals surface area contributed by atoms with Crippen LogP contribution in [0.15, 0.2) is 43.0 Å². The van der Waals surface area contributed by atoms with Gasteiger partial charge in [-0.15, -0.1) is 0 Å². The molecule has 41 heavy (non-hydrogen) atoms. The number of amides is 2. The number of anilines is 1. The van der Waals surface area contributed by atoms with Crippen molar-refractivity contribution in [3.63, 3.8) is 0 Å². The van der Waals surface area contributed by atoms with Crippen molar-refractivity contribution in [2.75, 3.05) is 51.1 Å². The first kappa shape index (κ1) is 28.1. The topological polar surface area (TPSA) is 161 Å². The number of carbonyl (C=O) groups is 3. The Morgan fingerprint density at radius 3 is 2.78 bits per heavy atom. The fraction of sp³-hybridized carbons (Fsp3) is 0.385. The summed E-state index contributed by atoms with van der Waals surface area (Å²) in [4.78, 5) is 53.0. The van der Waals surface area contributed by atoms with Gasteiger partial charge >= 0.3 is 5.97 Å². The van der Waals surface area contributed by atoms with Gasteiger partial charge in [-0.2, -0.15) is 4.98 Å². The smallest absolute Gasteiger partial charge is 0.329 e. The maximum Gasteiger partial charge on any atom is 0.329 e. The van der Waals surface area contributed by atoms with Gasteiger partial charge in [0.25, 0.3) is 0 Å². The molecule has 2 aromatic heterocycles. The SMILES string of the molecule is O=C(O)COCC(=O)N1CCN(c2cc(Cl)nc(-n3ccnc3)n2)C(CC(=O)NCCc2ccc3c(c2)OCO3)C1. The van der Waals surface area contributed by atoms with E-state index in [0.717, 1.165) is 5.56 Å². The molecule has 0 spiro atoms. The Morgan fingerprint density at radius 2 is 1.98 bits per heavy atom. The Labute approximate surface area is 239 Å². The van der Waals surface area contributed by atoms with Gasteiger partial charge in [-0.3, -0.25) is 14.2 Å². The molecule has 1 atom stereocenters. The zero-order valence-corrected chi connectivity index (χ0v) is 22.7. The first-order valence-electron chi connectivity index (χ1n) is 12.9. The molecule has 2 aliphatic heterocycles. The Bertz CT molecular complexity index is 1400. The number of halogens is 1. The van der Waals surface area contributed by atoms with Crippen LogP contribution >= 0.6 is 11.6 Å². The zero-order chi connectivity index (χ0) is 28.8. The summed E-state index contributed by atoms with van der Waals surface area (Å²) in [6.07, 6.45) is 5.50. The number of carboxylic acid groups (broad SMARTS) is 1. The number of ether oxygens (including phenoxy) is 3. The average molecular weight is 586 g/mol. The molecule has 14 nitrogen and oxygen atoms in total. The van der Waals surface area contributed by atoms with E-state index in [1.54, 1.807) is 34.3 Å². The normalized spacial score (nSPS) is 16.1. The lowest BCUT2D eigenvalue weighted by molar-refractivity contribution is -0.146. The summed E-state index contributed by atoms with van der Waals surface area (Å²) < 4.78 is 17.4. The third-order valence-corrected chi connectivity index (χ3v) is 6.77. The third-order valence-electron chi connectivity index (χ3n) is 6.58. The van der Waals surface area contributed by atoms with Gasteiger partial charge in [-0.1, -0.05) is 17.7 Å². The number of imidazole rings is 1. The molecule has 0 radical (unpaired) electrons. The summed E-state index contributed by atoms with van der Waals surface area (Å²) in [7, 11) is 0. The number of carbonyl (C=O) groups excluding carboxylic acids is 2. The lowest BCUT2D eigenvalue weighted by atomic mass is 10.1. The van der Waals surface area contributed by atoms with Crippen LogP contribution in [0, 0.1) is 0 Å². The van der Waals surface area contributed by atoms with E-state index in [1.165, 1.54) is 0 Å². The number of aliphatic carboxylic acids is 1. The Hall–Kier alpha value is -4.43. The van der Waals surface area contributed by atoms with Crippen molar-refractivity contribution in [1.29, 1.82) is 0 Å². The third kappa shape index (κ3) is 7.21. The summed E-state index contributed by atoms with van der Waals surface area (Å²) in [6.45, 7) is 0.534.